The first-order valence-corrected chi connectivity index (χ1v) is 19.7. The average Bonchev–Trinajstić information content (AvgIpc) is 3.59. The number of hydrogen-bond donors (Lipinski definition) is 0. The fourth-order valence-electron chi connectivity index (χ4n) is 9.64. The molecule has 6 aromatic carbocycles. The minimum absolute atomic E-state index is 0.0547. The lowest BCUT2D eigenvalue weighted by Gasteiger charge is -2.22. The molecule has 0 saturated carbocycles. The zero-order chi connectivity index (χ0) is 38.3. The third-order valence-corrected chi connectivity index (χ3v) is 12.5. The maximum absolute atomic E-state index is 5.10. The Bertz CT molecular complexity index is 2670. The molecule has 2 heterocycles. The Morgan fingerprint density at radius 3 is 1.20 bits per heavy atom. The Labute approximate surface area is 330 Å². The second-order valence-electron chi connectivity index (χ2n) is 16.8. The van der Waals surface area contributed by atoms with Gasteiger partial charge in [-0.1, -0.05) is 160 Å². The van der Waals surface area contributed by atoms with Crippen molar-refractivity contribution >= 4 is 0 Å². The summed E-state index contributed by atoms with van der Waals surface area (Å²) in [5.74, 6) is 0. The van der Waals surface area contributed by atoms with E-state index in [9.17, 15) is 0 Å². The normalized spacial score (nSPS) is 14.2. The minimum Gasteiger partial charge on any atom is -0.256 e. The molecule has 0 amide bonds. The van der Waals surface area contributed by atoms with Gasteiger partial charge in [0, 0.05) is 45.5 Å². The van der Waals surface area contributed by atoms with Gasteiger partial charge in [0.2, 0.25) is 0 Å². The molecule has 8 aromatic rings. The van der Waals surface area contributed by atoms with E-state index in [1.165, 1.54) is 66.8 Å². The van der Waals surface area contributed by atoms with Gasteiger partial charge < -0.3 is 0 Å². The van der Waals surface area contributed by atoms with Gasteiger partial charge in [-0.25, -0.2) is 0 Å². The van der Waals surface area contributed by atoms with Gasteiger partial charge in [-0.15, -0.1) is 0 Å². The van der Waals surface area contributed by atoms with Crippen molar-refractivity contribution in [3.8, 4) is 78.1 Å². The van der Waals surface area contributed by atoms with E-state index >= 15 is 0 Å². The molecule has 0 N–H and O–H groups in total. The number of rotatable bonds is 5. The van der Waals surface area contributed by atoms with Gasteiger partial charge in [0.15, 0.2) is 0 Å². The minimum atomic E-state index is -0.0547. The highest BCUT2D eigenvalue weighted by molar-refractivity contribution is 5.95. The molecular formula is C54H44N2. The lowest BCUT2D eigenvalue weighted by molar-refractivity contribution is 0.660. The second kappa shape index (κ2) is 12.6. The lowest BCUT2D eigenvalue weighted by atomic mass is 9.82. The first-order valence-electron chi connectivity index (χ1n) is 19.7. The zero-order valence-corrected chi connectivity index (χ0v) is 32.9. The van der Waals surface area contributed by atoms with Crippen LogP contribution in [0.2, 0.25) is 0 Å². The maximum atomic E-state index is 5.10. The van der Waals surface area contributed by atoms with E-state index in [1.54, 1.807) is 0 Å². The molecule has 0 unspecified atom stereocenters. The van der Waals surface area contributed by atoms with Gasteiger partial charge >= 0.3 is 0 Å². The Hall–Kier alpha value is -6.38. The highest BCUT2D eigenvalue weighted by atomic mass is 14.7. The molecule has 0 bridgehead atoms. The van der Waals surface area contributed by atoms with Gasteiger partial charge in [-0.05, 0) is 105 Å². The maximum Gasteiger partial charge on any atom is 0.0702 e. The fourth-order valence-corrected chi connectivity index (χ4v) is 9.64. The Morgan fingerprint density at radius 1 is 0.339 bits per heavy atom. The molecule has 2 aromatic heterocycles. The lowest BCUT2D eigenvalue weighted by Crippen LogP contribution is -2.14. The first kappa shape index (κ1) is 34.1. The van der Waals surface area contributed by atoms with Crippen LogP contribution in [-0.4, -0.2) is 9.97 Å². The quantitative estimate of drug-likeness (QED) is 0.177. The molecule has 10 rings (SSSR count). The average molecular weight is 721 g/mol. The van der Waals surface area contributed by atoms with Crippen molar-refractivity contribution in [2.24, 2.45) is 0 Å². The second-order valence-corrected chi connectivity index (χ2v) is 16.8. The van der Waals surface area contributed by atoms with E-state index in [4.69, 9.17) is 9.97 Å². The van der Waals surface area contributed by atoms with E-state index in [0.29, 0.717) is 0 Å². The number of benzene rings is 6. The van der Waals surface area contributed by atoms with Crippen molar-refractivity contribution in [3.05, 3.63) is 191 Å². The molecule has 0 atom stereocenters. The molecule has 0 fully saturated rings. The van der Waals surface area contributed by atoms with E-state index in [2.05, 4.69) is 187 Å². The Balaban J connectivity index is 1.02. The summed E-state index contributed by atoms with van der Waals surface area (Å²) in [5, 5.41) is 0. The van der Waals surface area contributed by atoms with Crippen molar-refractivity contribution in [2.75, 3.05) is 0 Å². The highest BCUT2D eigenvalue weighted by Gasteiger charge is 2.36. The molecule has 0 saturated heterocycles. The number of pyridine rings is 2. The van der Waals surface area contributed by atoms with Gasteiger partial charge in [0.1, 0.15) is 0 Å². The molecule has 2 nitrogen and oxygen atoms in total. The predicted molar refractivity (Wildman–Crippen MR) is 234 cm³/mol. The zero-order valence-electron chi connectivity index (χ0n) is 32.9. The number of nitrogens with zero attached hydrogens (tertiary/aromatic N) is 2. The largest absolute Gasteiger partial charge is 0.256 e. The molecule has 2 heteroatoms. The van der Waals surface area contributed by atoms with Crippen molar-refractivity contribution in [1.29, 1.82) is 0 Å². The molecule has 2 aliphatic rings. The van der Waals surface area contributed by atoms with Gasteiger partial charge in [-0.2, -0.15) is 0 Å². The number of fused-ring (bicyclic) bond motifs is 6. The molecule has 270 valence electrons. The summed E-state index contributed by atoms with van der Waals surface area (Å²) in [6, 6.07) is 53.6. The molecule has 0 radical (unpaired) electrons. The molecule has 0 spiro atoms. The van der Waals surface area contributed by atoms with Crippen LogP contribution in [0.5, 0.6) is 0 Å². The summed E-state index contributed by atoms with van der Waals surface area (Å²) in [4.78, 5) is 10.2. The van der Waals surface area contributed by atoms with Gasteiger partial charge in [0.05, 0.1) is 11.4 Å². The predicted octanol–water partition coefficient (Wildman–Crippen LogP) is 14.0. The smallest absolute Gasteiger partial charge is 0.0702 e. The van der Waals surface area contributed by atoms with Crippen LogP contribution in [-0.2, 0) is 10.8 Å². The number of hydrogen-bond acceptors (Lipinski definition) is 2. The van der Waals surface area contributed by atoms with Crippen LogP contribution in [0.1, 0.15) is 61.1 Å². The summed E-state index contributed by atoms with van der Waals surface area (Å²) in [6.07, 6.45) is 4.09. The van der Waals surface area contributed by atoms with Crippen molar-refractivity contribution < 1.29 is 0 Å². The monoisotopic (exact) mass is 720 g/mol. The van der Waals surface area contributed by atoms with Crippen LogP contribution >= 0.6 is 0 Å². The van der Waals surface area contributed by atoms with Crippen LogP contribution in [0.4, 0.5) is 0 Å². The summed E-state index contributed by atoms with van der Waals surface area (Å²) >= 11 is 0. The van der Waals surface area contributed by atoms with Crippen LogP contribution in [0, 0.1) is 13.8 Å². The van der Waals surface area contributed by atoms with Crippen LogP contribution < -0.4 is 0 Å². The van der Waals surface area contributed by atoms with Crippen LogP contribution in [0.3, 0.4) is 0 Å². The summed E-state index contributed by atoms with van der Waals surface area (Å²) in [7, 11) is 0. The number of aromatic nitrogens is 2. The summed E-state index contributed by atoms with van der Waals surface area (Å²) in [5.41, 5.74) is 24.3. The first-order chi connectivity index (χ1) is 27.1. The third kappa shape index (κ3) is 5.31. The van der Waals surface area contributed by atoms with E-state index < -0.39 is 0 Å². The van der Waals surface area contributed by atoms with Crippen LogP contribution in [0.15, 0.2) is 158 Å². The molecular weight excluding hydrogens is 677 g/mol. The topological polar surface area (TPSA) is 25.8 Å². The Kier molecular flexibility index (Phi) is 7.67. The fraction of sp³-hybridized carbons (Fsp3) is 0.148. The summed E-state index contributed by atoms with van der Waals surface area (Å²) < 4.78 is 0. The number of aryl methyl sites for hydroxylation is 2. The van der Waals surface area contributed by atoms with Crippen molar-refractivity contribution in [3.63, 3.8) is 0 Å². The standard InChI is InChI=1S/C54H44N2/c1-33-26-34(2)28-39(27-33)52-40(37-20-24-50(55-31-37)35-18-22-44-42-12-7-9-16-46(42)53(3,4)48(44)29-35)14-11-15-41(52)38-21-25-51(56-32-38)36-19-23-45-43-13-8-10-17-47(43)54(5,6)49(45)30-36/h7-32H,1-6H3. The Morgan fingerprint density at radius 2 is 0.750 bits per heavy atom. The highest BCUT2D eigenvalue weighted by Crippen LogP contribution is 2.51. The van der Waals surface area contributed by atoms with Crippen molar-refractivity contribution in [1.82, 2.24) is 9.97 Å². The van der Waals surface area contributed by atoms with Crippen molar-refractivity contribution in [2.45, 2.75) is 52.4 Å². The SMILES string of the molecule is Cc1cc(C)cc(-c2c(-c3ccc(-c4ccc5c(c4)C(C)(C)c4ccccc4-5)nc3)cccc2-c2ccc(-c3ccc4c(c3)C(C)(C)c3ccccc3-4)nc2)c1. The van der Waals surface area contributed by atoms with Gasteiger partial charge in [0.25, 0.3) is 0 Å². The summed E-state index contributed by atoms with van der Waals surface area (Å²) in [6.45, 7) is 13.7. The van der Waals surface area contributed by atoms with Gasteiger partial charge in [-0.3, -0.25) is 9.97 Å². The van der Waals surface area contributed by atoms with E-state index in [0.717, 1.165) is 44.8 Å². The van der Waals surface area contributed by atoms with Crippen LogP contribution in [0.25, 0.3) is 78.1 Å². The molecule has 56 heavy (non-hydrogen) atoms. The van der Waals surface area contributed by atoms with E-state index in [1.807, 2.05) is 12.4 Å². The molecule has 0 aliphatic heterocycles. The van der Waals surface area contributed by atoms with E-state index in [-0.39, 0.29) is 10.8 Å². The third-order valence-electron chi connectivity index (χ3n) is 12.5. The molecule has 2 aliphatic carbocycles.